The molecule has 0 radical (unpaired) electrons. The van der Waals surface area contributed by atoms with Crippen LogP contribution in [0.1, 0.15) is 23.9 Å². The molecule has 0 saturated carbocycles. The van der Waals surface area contributed by atoms with Gasteiger partial charge < -0.3 is 14.6 Å². The molecule has 1 N–H and O–H groups in total. The summed E-state index contributed by atoms with van der Waals surface area (Å²) in [6.07, 6.45) is 5.68. The van der Waals surface area contributed by atoms with E-state index in [1.54, 1.807) is 30.6 Å². The molecule has 1 aromatic carbocycles. The first-order valence-corrected chi connectivity index (χ1v) is 9.32. The number of nitrogens with one attached hydrogen (secondary N) is 1. The molecule has 9 heteroatoms. The van der Waals surface area contributed by atoms with Crippen LogP contribution < -0.4 is 5.32 Å². The van der Waals surface area contributed by atoms with Gasteiger partial charge in [0.25, 0.3) is 0 Å². The predicted octanol–water partition coefficient (Wildman–Crippen LogP) is 3.83. The topological polar surface area (TPSA) is 71.3 Å². The van der Waals surface area contributed by atoms with Crippen LogP contribution in [-0.4, -0.2) is 40.4 Å². The normalized spacial score (nSPS) is 15.8. The molecular weight excluding hydrogens is 430 g/mol. The zero-order valence-corrected chi connectivity index (χ0v) is 17.8. The van der Waals surface area contributed by atoms with Gasteiger partial charge in [0, 0.05) is 44.9 Å². The van der Waals surface area contributed by atoms with Crippen LogP contribution in [0.5, 0.6) is 0 Å². The first-order chi connectivity index (χ1) is 13.7. The number of pyridine rings is 1. The summed E-state index contributed by atoms with van der Waals surface area (Å²) >= 11 is 0. The molecule has 1 aliphatic heterocycles. The maximum Gasteiger partial charge on any atom is 0.223 e. The lowest BCUT2D eigenvalue weighted by Crippen LogP contribution is -2.48. The quantitative estimate of drug-likeness (QED) is 0.636. The molecule has 1 fully saturated rings. The zero-order valence-electron chi connectivity index (χ0n) is 16.2. The summed E-state index contributed by atoms with van der Waals surface area (Å²) in [4.78, 5) is 23.1. The smallest absolute Gasteiger partial charge is 0.223 e. The van der Waals surface area contributed by atoms with E-state index in [9.17, 15) is 9.18 Å². The molecule has 1 aliphatic rings. The average Bonchev–Trinajstić information content (AvgIpc) is 3.22. The molecule has 1 amide bonds. The molecule has 160 valence electrons. The van der Waals surface area contributed by atoms with Crippen molar-refractivity contribution in [3.63, 3.8) is 0 Å². The molecule has 1 unspecified atom stereocenters. The first kappa shape index (κ1) is 23.8. The van der Waals surface area contributed by atoms with E-state index in [-0.39, 0.29) is 49.0 Å². The summed E-state index contributed by atoms with van der Waals surface area (Å²) in [5.41, 5.74) is 1.38. The number of oxazole rings is 1. The fourth-order valence-corrected chi connectivity index (χ4v) is 3.44. The molecule has 3 heterocycles. The molecule has 30 heavy (non-hydrogen) atoms. The minimum Gasteiger partial charge on any atom is -0.441 e. The Hall–Kier alpha value is -2.48. The Kier molecular flexibility index (Phi) is 8.77. The standard InChI is InChI=1S/C21H21FN4O2.2ClH/c22-17-6-2-1-5-16(17)19-14-25-20(28-19)7-8-21(27)26-11-10-24-13-18(26)15-4-3-9-23-12-15;;/h1-6,9,12,14,18,24H,7-8,10-11,13H2;2*1H. The third-order valence-electron chi connectivity index (χ3n) is 4.88. The number of aryl methyl sites for hydroxylation is 1. The molecule has 6 nitrogen and oxygen atoms in total. The maximum absolute atomic E-state index is 13.9. The Bertz CT molecular complexity index is 955. The molecular formula is C21H23Cl2FN4O2. The number of rotatable bonds is 5. The van der Waals surface area contributed by atoms with E-state index < -0.39 is 0 Å². The van der Waals surface area contributed by atoms with E-state index in [4.69, 9.17) is 4.42 Å². The summed E-state index contributed by atoms with van der Waals surface area (Å²) in [5, 5.41) is 3.33. The van der Waals surface area contributed by atoms with Gasteiger partial charge in [-0.2, -0.15) is 0 Å². The number of hydrogen-bond donors (Lipinski definition) is 1. The highest BCUT2D eigenvalue weighted by molar-refractivity contribution is 5.85. The Morgan fingerprint density at radius 1 is 1.20 bits per heavy atom. The summed E-state index contributed by atoms with van der Waals surface area (Å²) in [6, 6.07) is 10.2. The number of piperazine rings is 1. The van der Waals surface area contributed by atoms with E-state index in [1.807, 2.05) is 17.0 Å². The van der Waals surface area contributed by atoms with Crippen molar-refractivity contribution >= 4 is 30.7 Å². The molecule has 3 aromatic rings. The Morgan fingerprint density at radius 2 is 2.03 bits per heavy atom. The number of aromatic nitrogens is 2. The maximum atomic E-state index is 13.9. The fraction of sp³-hybridized carbons (Fsp3) is 0.286. The van der Waals surface area contributed by atoms with Gasteiger partial charge in [-0.3, -0.25) is 9.78 Å². The highest BCUT2D eigenvalue weighted by Gasteiger charge is 2.28. The zero-order chi connectivity index (χ0) is 19.3. The van der Waals surface area contributed by atoms with E-state index in [0.717, 1.165) is 12.1 Å². The fourth-order valence-electron chi connectivity index (χ4n) is 3.44. The van der Waals surface area contributed by atoms with Crippen molar-refractivity contribution < 1.29 is 13.6 Å². The monoisotopic (exact) mass is 452 g/mol. The number of nitrogens with zero attached hydrogens (tertiary/aromatic N) is 3. The summed E-state index contributed by atoms with van der Waals surface area (Å²) < 4.78 is 19.5. The largest absolute Gasteiger partial charge is 0.441 e. The molecule has 2 aromatic heterocycles. The van der Waals surface area contributed by atoms with Crippen LogP contribution in [0.15, 0.2) is 59.4 Å². The second-order valence-electron chi connectivity index (χ2n) is 6.69. The van der Waals surface area contributed by atoms with Crippen LogP contribution in [-0.2, 0) is 11.2 Å². The van der Waals surface area contributed by atoms with Crippen molar-refractivity contribution in [2.45, 2.75) is 18.9 Å². The summed E-state index contributed by atoms with van der Waals surface area (Å²) in [5.74, 6) is 0.484. The number of halogens is 3. The third kappa shape index (κ3) is 5.36. The van der Waals surface area contributed by atoms with Gasteiger partial charge in [-0.1, -0.05) is 18.2 Å². The highest BCUT2D eigenvalue weighted by atomic mass is 35.5. The lowest BCUT2D eigenvalue weighted by molar-refractivity contribution is -0.134. The lowest BCUT2D eigenvalue weighted by Gasteiger charge is -2.36. The number of carbonyl (C=O) groups is 1. The van der Waals surface area contributed by atoms with Gasteiger partial charge in [0.05, 0.1) is 17.8 Å². The average molecular weight is 453 g/mol. The van der Waals surface area contributed by atoms with Gasteiger partial charge >= 0.3 is 0 Å². The van der Waals surface area contributed by atoms with Crippen LogP contribution in [0.3, 0.4) is 0 Å². The van der Waals surface area contributed by atoms with Crippen molar-refractivity contribution in [3.8, 4) is 11.3 Å². The minimum atomic E-state index is -0.360. The Balaban J connectivity index is 0.00000160. The van der Waals surface area contributed by atoms with Crippen molar-refractivity contribution in [2.24, 2.45) is 0 Å². The number of amides is 1. The predicted molar refractivity (Wildman–Crippen MR) is 116 cm³/mol. The molecule has 1 atom stereocenters. The number of carbonyl (C=O) groups excluding carboxylic acids is 1. The van der Waals surface area contributed by atoms with Crippen LogP contribution in [0.2, 0.25) is 0 Å². The van der Waals surface area contributed by atoms with Crippen molar-refractivity contribution in [1.82, 2.24) is 20.2 Å². The minimum absolute atomic E-state index is 0. The van der Waals surface area contributed by atoms with E-state index >= 15 is 0 Å². The third-order valence-corrected chi connectivity index (χ3v) is 4.88. The van der Waals surface area contributed by atoms with E-state index in [2.05, 4.69) is 15.3 Å². The molecule has 0 spiro atoms. The lowest BCUT2D eigenvalue weighted by atomic mass is 10.0. The molecule has 0 aliphatic carbocycles. The molecule has 4 rings (SSSR count). The summed E-state index contributed by atoms with van der Waals surface area (Å²) in [6.45, 7) is 2.11. The number of benzene rings is 1. The highest BCUT2D eigenvalue weighted by Crippen LogP contribution is 2.25. The van der Waals surface area contributed by atoms with Gasteiger partial charge in [0.15, 0.2) is 11.7 Å². The molecule has 1 saturated heterocycles. The molecule has 0 bridgehead atoms. The second-order valence-corrected chi connectivity index (χ2v) is 6.69. The van der Waals surface area contributed by atoms with Crippen molar-refractivity contribution in [1.29, 1.82) is 0 Å². The van der Waals surface area contributed by atoms with Crippen LogP contribution in [0.25, 0.3) is 11.3 Å². The van der Waals surface area contributed by atoms with Crippen LogP contribution in [0, 0.1) is 5.82 Å². The first-order valence-electron chi connectivity index (χ1n) is 9.32. The van der Waals surface area contributed by atoms with Gasteiger partial charge in [-0.05, 0) is 23.8 Å². The summed E-state index contributed by atoms with van der Waals surface area (Å²) in [7, 11) is 0. The van der Waals surface area contributed by atoms with Crippen molar-refractivity contribution in [3.05, 3.63) is 72.3 Å². The van der Waals surface area contributed by atoms with Crippen LogP contribution >= 0.6 is 24.8 Å². The van der Waals surface area contributed by atoms with E-state index in [0.29, 0.717) is 36.7 Å². The Morgan fingerprint density at radius 3 is 2.80 bits per heavy atom. The van der Waals surface area contributed by atoms with Gasteiger partial charge in [-0.15, -0.1) is 24.8 Å². The second kappa shape index (κ2) is 11.1. The SMILES string of the molecule is Cl.Cl.O=C(CCc1ncc(-c2ccccc2F)o1)N1CCNCC1c1cccnc1. The van der Waals surface area contributed by atoms with E-state index in [1.165, 1.54) is 12.3 Å². The van der Waals surface area contributed by atoms with Gasteiger partial charge in [0.1, 0.15) is 5.82 Å². The Labute approximate surface area is 186 Å². The van der Waals surface area contributed by atoms with Gasteiger partial charge in [0.2, 0.25) is 5.91 Å². The number of hydrogen-bond acceptors (Lipinski definition) is 5. The van der Waals surface area contributed by atoms with Crippen LogP contribution in [0.4, 0.5) is 4.39 Å². The van der Waals surface area contributed by atoms with Gasteiger partial charge in [-0.25, -0.2) is 9.37 Å². The van der Waals surface area contributed by atoms with Crippen molar-refractivity contribution in [2.75, 3.05) is 19.6 Å².